The van der Waals surface area contributed by atoms with E-state index in [1.165, 1.54) is 7.11 Å². The third kappa shape index (κ3) is 2.99. The summed E-state index contributed by atoms with van der Waals surface area (Å²) in [6.45, 7) is 1.64. The number of aromatic nitrogens is 3. The first-order chi connectivity index (χ1) is 14.8. The normalized spacial score (nSPS) is 30.9. The van der Waals surface area contributed by atoms with Crippen molar-refractivity contribution in [2.24, 2.45) is 23.0 Å². The topological polar surface area (TPSA) is 129 Å². The van der Waals surface area contributed by atoms with E-state index in [0.29, 0.717) is 28.8 Å². The second kappa shape index (κ2) is 6.88. The third-order valence-electron chi connectivity index (χ3n) is 7.40. The molecule has 3 N–H and O–H groups in total. The van der Waals surface area contributed by atoms with Gasteiger partial charge in [0.1, 0.15) is 17.7 Å². The van der Waals surface area contributed by atoms with E-state index in [4.69, 9.17) is 10.5 Å². The first kappa shape index (κ1) is 20.2. The Morgan fingerprint density at radius 1 is 1.26 bits per heavy atom. The Labute approximate surface area is 183 Å². The maximum absolute atomic E-state index is 13.7. The van der Waals surface area contributed by atoms with Crippen molar-refractivity contribution in [3.8, 4) is 0 Å². The molecule has 4 aliphatic carbocycles. The Kier molecular flexibility index (Phi) is 4.47. The summed E-state index contributed by atoms with van der Waals surface area (Å²) < 4.78 is 6.84. The van der Waals surface area contributed by atoms with Crippen molar-refractivity contribution >= 4 is 34.1 Å². The number of methoxy groups -OCH3 is 1. The van der Waals surface area contributed by atoms with Crippen LogP contribution in [0.25, 0.3) is 0 Å². The molecule has 2 aromatic rings. The number of nitrogens with one attached hydrogen (secondary N) is 1. The minimum Gasteiger partial charge on any atom is -0.465 e. The van der Waals surface area contributed by atoms with Crippen LogP contribution in [0.4, 0.5) is 5.00 Å². The van der Waals surface area contributed by atoms with Crippen molar-refractivity contribution in [2.45, 2.75) is 51.0 Å². The summed E-state index contributed by atoms with van der Waals surface area (Å²) in [7, 11) is 1.27. The van der Waals surface area contributed by atoms with Crippen LogP contribution in [0, 0.1) is 24.2 Å². The minimum absolute atomic E-state index is 0.103. The molecule has 10 heteroatoms. The van der Waals surface area contributed by atoms with E-state index < -0.39 is 17.3 Å². The highest BCUT2D eigenvalue weighted by Crippen LogP contribution is 2.64. The van der Waals surface area contributed by atoms with Gasteiger partial charge in [-0.15, -0.1) is 11.3 Å². The zero-order chi connectivity index (χ0) is 22.0. The SMILES string of the molecule is COC(=O)c1c(NC(=O)C23CC4CC(C2)CC(n2cncn2)(C4)C3)sc(C(N)=O)c1C. The summed E-state index contributed by atoms with van der Waals surface area (Å²) in [6, 6.07) is 0. The predicted octanol–water partition coefficient (Wildman–Crippen LogP) is 2.47. The fourth-order valence-corrected chi connectivity index (χ4v) is 7.66. The summed E-state index contributed by atoms with van der Waals surface area (Å²) in [5.41, 5.74) is 5.39. The molecule has 0 radical (unpaired) electrons. The molecule has 2 amide bonds. The van der Waals surface area contributed by atoms with Crippen molar-refractivity contribution in [1.29, 1.82) is 0 Å². The first-order valence-electron chi connectivity index (χ1n) is 10.4. The van der Waals surface area contributed by atoms with Crippen LogP contribution >= 0.6 is 11.3 Å². The minimum atomic E-state index is -0.631. The van der Waals surface area contributed by atoms with Gasteiger partial charge < -0.3 is 15.8 Å². The molecule has 31 heavy (non-hydrogen) atoms. The smallest absolute Gasteiger partial charge is 0.341 e. The second-order valence-corrected chi connectivity index (χ2v) is 10.4. The summed E-state index contributed by atoms with van der Waals surface area (Å²) in [5.74, 6) is -0.409. The number of rotatable bonds is 5. The fourth-order valence-electron chi connectivity index (χ4n) is 6.62. The number of hydrogen-bond donors (Lipinski definition) is 2. The number of carbonyl (C=O) groups excluding carboxylic acids is 3. The fraction of sp³-hybridized carbons (Fsp3) is 0.571. The molecule has 0 spiro atoms. The number of carbonyl (C=O) groups is 3. The molecular formula is C21H25N5O4S. The van der Waals surface area contributed by atoms with E-state index in [0.717, 1.165) is 43.4 Å². The standard InChI is InChI=1S/C21H25N5O4S/c1-11-14(18(28)30-2)17(31-15(11)16(22)27)25-19(29)20-4-12-3-13(5-20)7-21(6-12,8-20)26-10-23-9-24-26/h9-10,12-13H,3-8H2,1-2H3,(H2,22,27)(H,25,29). The number of primary amides is 1. The van der Waals surface area contributed by atoms with Crippen LogP contribution in [0.3, 0.4) is 0 Å². The Morgan fingerprint density at radius 3 is 2.55 bits per heavy atom. The van der Waals surface area contributed by atoms with Gasteiger partial charge in [0.2, 0.25) is 5.91 Å². The van der Waals surface area contributed by atoms with Crippen LogP contribution < -0.4 is 11.1 Å². The van der Waals surface area contributed by atoms with Gasteiger partial charge in [-0.05, 0) is 62.8 Å². The Hall–Kier alpha value is -2.75. The Balaban J connectivity index is 1.50. The lowest BCUT2D eigenvalue weighted by atomic mass is 9.46. The van der Waals surface area contributed by atoms with Gasteiger partial charge in [-0.3, -0.25) is 9.59 Å². The molecule has 164 valence electrons. The molecule has 0 saturated heterocycles. The van der Waals surface area contributed by atoms with Crippen LogP contribution in [0.1, 0.15) is 64.1 Å². The average molecular weight is 444 g/mol. The summed E-state index contributed by atoms with van der Waals surface area (Å²) in [6.07, 6.45) is 8.83. The van der Waals surface area contributed by atoms with Crippen molar-refractivity contribution in [3.63, 3.8) is 0 Å². The van der Waals surface area contributed by atoms with Gasteiger partial charge in [0.05, 0.1) is 28.5 Å². The number of esters is 1. The van der Waals surface area contributed by atoms with E-state index in [9.17, 15) is 14.4 Å². The molecule has 4 fully saturated rings. The lowest BCUT2D eigenvalue weighted by molar-refractivity contribution is -0.150. The molecule has 6 rings (SSSR count). The molecular weight excluding hydrogens is 418 g/mol. The van der Waals surface area contributed by atoms with Gasteiger partial charge in [-0.2, -0.15) is 5.10 Å². The molecule has 2 atom stereocenters. The number of nitrogens with two attached hydrogens (primary N) is 1. The van der Waals surface area contributed by atoms with Gasteiger partial charge in [-0.1, -0.05) is 0 Å². The van der Waals surface area contributed by atoms with Gasteiger partial charge in [-0.25, -0.2) is 14.5 Å². The van der Waals surface area contributed by atoms with E-state index in [2.05, 4.69) is 15.4 Å². The largest absolute Gasteiger partial charge is 0.465 e. The highest BCUT2D eigenvalue weighted by molar-refractivity contribution is 7.18. The maximum Gasteiger partial charge on any atom is 0.341 e. The summed E-state index contributed by atoms with van der Waals surface area (Å²) in [5, 5.41) is 7.74. The number of anilines is 1. The maximum atomic E-state index is 13.7. The lowest BCUT2D eigenvalue weighted by Crippen LogP contribution is -2.60. The highest BCUT2D eigenvalue weighted by Gasteiger charge is 2.61. The number of nitrogens with zero attached hydrogens (tertiary/aromatic N) is 3. The van der Waals surface area contributed by atoms with E-state index in [1.807, 2.05) is 4.68 Å². The third-order valence-corrected chi connectivity index (χ3v) is 8.63. The summed E-state index contributed by atoms with van der Waals surface area (Å²) in [4.78, 5) is 42.3. The molecule has 4 bridgehead atoms. The monoisotopic (exact) mass is 443 g/mol. The van der Waals surface area contributed by atoms with Crippen LogP contribution in [0.15, 0.2) is 12.7 Å². The second-order valence-electron chi connectivity index (χ2n) is 9.38. The van der Waals surface area contributed by atoms with Gasteiger partial charge in [0.25, 0.3) is 5.91 Å². The van der Waals surface area contributed by atoms with Gasteiger partial charge in [0, 0.05) is 0 Å². The van der Waals surface area contributed by atoms with Gasteiger partial charge >= 0.3 is 5.97 Å². The highest BCUT2D eigenvalue weighted by atomic mass is 32.1. The Morgan fingerprint density at radius 2 is 1.97 bits per heavy atom. The van der Waals surface area contributed by atoms with E-state index in [1.54, 1.807) is 19.6 Å². The number of ether oxygens (including phenoxy) is 1. The lowest BCUT2D eigenvalue weighted by Gasteiger charge is -2.60. The van der Waals surface area contributed by atoms with Crippen molar-refractivity contribution in [2.75, 3.05) is 12.4 Å². The van der Waals surface area contributed by atoms with E-state index >= 15 is 0 Å². The molecule has 4 saturated carbocycles. The van der Waals surface area contributed by atoms with Crippen LogP contribution in [-0.2, 0) is 15.1 Å². The van der Waals surface area contributed by atoms with Crippen LogP contribution in [0.2, 0.25) is 0 Å². The quantitative estimate of drug-likeness (QED) is 0.683. The number of thiophene rings is 1. The molecule has 2 unspecified atom stereocenters. The van der Waals surface area contributed by atoms with Crippen molar-refractivity contribution in [1.82, 2.24) is 14.8 Å². The molecule has 4 aliphatic rings. The predicted molar refractivity (Wildman–Crippen MR) is 113 cm³/mol. The summed E-state index contributed by atoms with van der Waals surface area (Å²) >= 11 is 1.03. The number of hydrogen-bond acceptors (Lipinski definition) is 7. The molecule has 2 heterocycles. The zero-order valence-electron chi connectivity index (χ0n) is 17.5. The Bertz CT molecular complexity index is 1060. The van der Waals surface area contributed by atoms with Crippen molar-refractivity contribution < 1.29 is 19.1 Å². The zero-order valence-corrected chi connectivity index (χ0v) is 18.3. The molecule has 0 aromatic carbocycles. The molecule has 9 nitrogen and oxygen atoms in total. The van der Waals surface area contributed by atoms with E-state index in [-0.39, 0.29) is 21.9 Å². The van der Waals surface area contributed by atoms with Crippen LogP contribution in [-0.4, -0.2) is 39.7 Å². The van der Waals surface area contributed by atoms with Crippen molar-refractivity contribution in [3.05, 3.63) is 28.7 Å². The molecule has 0 aliphatic heterocycles. The van der Waals surface area contributed by atoms with Gasteiger partial charge in [0.15, 0.2) is 0 Å². The average Bonchev–Trinajstić information content (AvgIpc) is 3.35. The first-order valence-corrected chi connectivity index (χ1v) is 11.3. The number of amides is 2. The van der Waals surface area contributed by atoms with Crippen LogP contribution in [0.5, 0.6) is 0 Å². The molecule has 2 aromatic heterocycles.